The van der Waals surface area contributed by atoms with Crippen LogP contribution in [0.3, 0.4) is 0 Å². The molecule has 0 radical (unpaired) electrons. The Bertz CT molecular complexity index is 1540. The van der Waals surface area contributed by atoms with Crippen molar-refractivity contribution >= 4 is 23.1 Å². The summed E-state index contributed by atoms with van der Waals surface area (Å²) < 4.78 is 0. The van der Waals surface area contributed by atoms with Gasteiger partial charge in [-0.3, -0.25) is 0 Å². The maximum atomic E-state index is 2.35. The second-order valence-corrected chi connectivity index (χ2v) is 9.30. The molecule has 0 bridgehead atoms. The van der Waals surface area contributed by atoms with Gasteiger partial charge in [0.05, 0.1) is 0 Å². The topological polar surface area (TPSA) is 0 Å². The Hall–Kier alpha value is -4.62. The highest BCUT2D eigenvalue weighted by molar-refractivity contribution is 6.96. The minimum Gasteiger partial charge on any atom is -0.0686 e. The van der Waals surface area contributed by atoms with E-state index in [1.165, 1.54) is 49.8 Å². The lowest BCUT2D eigenvalue weighted by molar-refractivity contribution is 1.57. The Balaban J connectivity index is 1.73. The zero-order valence-electron chi connectivity index (χ0n) is 20.7. The van der Waals surface area contributed by atoms with E-state index >= 15 is 0 Å². The second-order valence-electron chi connectivity index (χ2n) is 9.30. The highest BCUT2D eigenvalue weighted by atomic mass is 14.2. The molecule has 0 N–H and O–H groups in total. The van der Waals surface area contributed by atoms with Gasteiger partial charge in [0.2, 0.25) is 6.71 Å². The number of rotatable bonds is 6. The molecular formula is C36H27B. The second kappa shape index (κ2) is 10.6. The van der Waals surface area contributed by atoms with Crippen molar-refractivity contribution in [3.63, 3.8) is 0 Å². The third kappa shape index (κ3) is 4.64. The van der Waals surface area contributed by atoms with Gasteiger partial charge in [-0.15, -0.1) is 0 Å². The van der Waals surface area contributed by atoms with E-state index in [9.17, 15) is 0 Å². The molecule has 0 saturated carbocycles. The predicted octanol–water partition coefficient (Wildman–Crippen LogP) is 7.20. The van der Waals surface area contributed by atoms with Gasteiger partial charge in [0.25, 0.3) is 0 Å². The molecule has 0 atom stereocenters. The lowest BCUT2D eigenvalue weighted by Gasteiger charge is -2.25. The van der Waals surface area contributed by atoms with Gasteiger partial charge in [-0.05, 0) is 33.4 Å². The van der Waals surface area contributed by atoms with Crippen LogP contribution < -0.4 is 16.4 Å². The predicted molar refractivity (Wildman–Crippen MR) is 160 cm³/mol. The highest BCUT2D eigenvalue weighted by Gasteiger charge is 2.28. The summed E-state index contributed by atoms with van der Waals surface area (Å²) in [6, 6.07) is 58.9. The molecule has 0 aliphatic rings. The van der Waals surface area contributed by atoms with Gasteiger partial charge in [0.1, 0.15) is 0 Å². The molecule has 0 nitrogen and oxygen atoms in total. The van der Waals surface area contributed by atoms with E-state index < -0.39 is 0 Å². The maximum Gasteiger partial charge on any atom is 0.242 e. The molecule has 6 aromatic carbocycles. The van der Waals surface area contributed by atoms with Crippen LogP contribution in [0, 0.1) is 0 Å². The molecule has 0 saturated heterocycles. The Labute approximate surface area is 220 Å². The molecule has 6 aromatic rings. The van der Waals surface area contributed by atoms with Gasteiger partial charge in [-0.1, -0.05) is 180 Å². The molecule has 0 aliphatic heterocycles. The van der Waals surface area contributed by atoms with Crippen molar-refractivity contribution < 1.29 is 0 Å². The van der Waals surface area contributed by atoms with Crippen molar-refractivity contribution in [2.24, 2.45) is 0 Å². The Morgan fingerprint density at radius 3 is 1.14 bits per heavy atom. The van der Waals surface area contributed by atoms with Crippen LogP contribution in [-0.4, -0.2) is 6.71 Å². The zero-order valence-corrected chi connectivity index (χ0v) is 20.7. The molecule has 0 heterocycles. The van der Waals surface area contributed by atoms with Gasteiger partial charge in [0, 0.05) is 0 Å². The van der Waals surface area contributed by atoms with E-state index in [0.29, 0.717) is 0 Å². The zero-order chi connectivity index (χ0) is 24.9. The summed E-state index contributed by atoms with van der Waals surface area (Å²) in [5.41, 5.74) is 11.4. The molecule has 0 aliphatic carbocycles. The maximum absolute atomic E-state index is 2.35. The van der Waals surface area contributed by atoms with Gasteiger partial charge >= 0.3 is 0 Å². The quantitative estimate of drug-likeness (QED) is 0.226. The molecule has 1 heteroatoms. The van der Waals surface area contributed by atoms with Crippen LogP contribution in [-0.2, 0) is 0 Å². The summed E-state index contributed by atoms with van der Waals surface area (Å²) >= 11 is 0. The summed E-state index contributed by atoms with van der Waals surface area (Å²) in [5.74, 6) is 0. The Morgan fingerprint density at radius 1 is 0.297 bits per heavy atom. The lowest BCUT2D eigenvalue weighted by Crippen LogP contribution is -2.52. The first-order valence-electron chi connectivity index (χ1n) is 12.8. The molecule has 37 heavy (non-hydrogen) atoms. The first-order valence-corrected chi connectivity index (χ1v) is 12.8. The fraction of sp³-hybridized carbons (Fsp3) is 0. The molecular weight excluding hydrogens is 443 g/mol. The van der Waals surface area contributed by atoms with Crippen LogP contribution in [0.1, 0.15) is 0 Å². The first-order chi connectivity index (χ1) is 18.4. The monoisotopic (exact) mass is 470 g/mol. The van der Waals surface area contributed by atoms with E-state index in [-0.39, 0.29) is 6.71 Å². The summed E-state index contributed by atoms with van der Waals surface area (Å²) in [6.07, 6.45) is 0. The molecule has 0 spiro atoms. The van der Waals surface area contributed by atoms with Crippen molar-refractivity contribution in [1.29, 1.82) is 0 Å². The lowest BCUT2D eigenvalue weighted by atomic mass is 9.35. The molecule has 6 rings (SSSR count). The van der Waals surface area contributed by atoms with Crippen molar-refractivity contribution in [3.05, 3.63) is 164 Å². The number of hydrogen-bond acceptors (Lipinski definition) is 0. The van der Waals surface area contributed by atoms with Crippen LogP contribution in [0.15, 0.2) is 164 Å². The van der Waals surface area contributed by atoms with Gasteiger partial charge in [-0.25, -0.2) is 0 Å². The Morgan fingerprint density at radius 2 is 0.676 bits per heavy atom. The third-order valence-corrected chi connectivity index (χ3v) is 7.02. The van der Waals surface area contributed by atoms with E-state index in [1.807, 2.05) is 0 Å². The summed E-state index contributed by atoms with van der Waals surface area (Å²) in [4.78, 5) is 0. The first kappa shape index (κ1) is 22.8. The van der Waals surface area contributed by atoms with E-state index in [2.05, 4.69) is 164 Å². The van der Waals surface area contributed by atoms with E-state index in [4.69, 9.17) is 0 Å². The van der Waals surface area contributed by atoms with Crippen LogP contribution in [0.2, 0.25) is 0 Å². The number of benzene rings is 6. The van der Waals surface area contributed by atoms with Crippen molar-refractivity contribution in [3.8, 4) is 33.4 Å². The van der Waals surface area contributed by atoms with Gasteiger partial charge in [-0.2, -0.15) is 0 Å². The minimum absolute atomic E-state index is 0.102. The standard InChI is InChI=1S/C36H27B/c1-6-16-28(17-7-1)33-26-27-34(37(31-22-12-4-13-23-31)32-24-14-5-15-25-32)36(30-20-10-3-11-21-30)35(33)29-18-8-2-9-19-29/h1-27H. The summed E-state index contributed by atoms with van der Waals surface area (Å²) in [7, 11) is 0. The van der Waals surface area contributed by atoms with Crippen LogP contribution in [0.4, 0.5) is 0 Å². The van der Waals surface area contributed by atoms with Gasteiger partial charge < -0.3 is 0 Å². The van der Waals surface area contributed by atoms with Crippen molar-refractivity contribution in [1.82, 2.24) is 0 Å². The minimum atomic E-state index is 0.102. The normalized spacial score (nSPS) is 10.7. The highest BCUT2D eigenvalue weighted by Crippen LogP contribution is 2.39. The third-order valence-electron chi connectivity index (χ3n) is 7.02. The largest absolute Gasteiger partial charge is 0.242 e. The van der Waals surface area contributed by atoms with Crippen LogP contribution in [0.5, 0.6) is 0 Å². The molecule has 0 fully saturated rings. The fourth-order valence-electron chi connectivity index (χ4n) is 5.38. The van der Waals surface area contributed by atoms with E-state index in [1.54, 1.807) is 0 Å². The molecule has 0 unspecified atom stereocenters. The molecule has 174 valence electrons. The summed E-state index contributed by atoms with van der Waals surface area (Å²) in [6.45, 7) is 0.102. The fourth-order valence-corrected chi connectivity index (χ4v) is 5.38. The van der Waals surface area contributed by atoms with Crippen LogP contribution in [0.25, 0.3) is 33.4 Å². The SMILES string of the molecule is c1ccc(B(c2ccccc2)c2ccc(-c3ccccc3)c(-c3ccccc3)c2-c2ccccc2)cc1. The average Bonchev–Trinajstić information content (AvgIpc) is 2.99. The Kier molecular flexibility index (Phi) is 6.51. The summed E-state index contributed by atoms with van der Waals surface area (Å²) in [5, 5.41) is 0. The molecule has 0 aromatic heterocycles. The van der Waals surface area contributed by atoms with E-state index in [0.717, 1.165) is 0 Å². The average molecular weight is 470 g/mol. The number of hydrogen-bond donors (Lipinski definition) is 0. The van der Waals surface area contributed by atoms with Crippen molar-refractivity contribution in [2.75, 3.05) is 0 Å². The van der Waals surface area contributed by atoms with Gasteiger partial charge in [0.15, 0.2) is 0 Å². The smallest absolute Gasteiger partial charge is 0.0686 e. The van der Waals surface area contributed by atoms with Crippen LogP contribution >= 0.6 is 0 Å². The van der Waals surface area contributed by atoms with Crippen molar-refractivity contribution in [2.45, 2.75) is 0 Å². The molecule has 0 amide bonds.